The number of ether oxygens (including phenoxy) is 1. The zero-order chi connectivity index (χ0) is 27.1. The molecule has 0 saturated carbocycles. The average molecular weight is 526 g/mol. The Labute approximate surface area is 221 Å². The SMILES string of the molecule is CNC(=O)c1c(-c2ccc(F)cc2)oc2ccc(-c3ccc4c(n3)C(=O)N(Cc3ccc(F)cc3)CO4)cc12. The summed E-state index contributed by atoms with van der Waals surface area (Å²) in [6.45, 7) is 0.292. The summed E-state index contributed by atoms with van der Waals surface area (Å²) >= 11 is 0. The van der Waals surface area contributed by atoms with Crippen molar-refractivity contribution in [3.05, 3.63) is 107 Å². The van der Waals surface area contributed by atoms with Crippen LogP contribution in [0.1, 0.15) is 26.4 Å². The number of hydrogen-bond acceptors (Lipinski definition) is 5. The van der Waals surface area contributed by atoms with Crippen LogP contribution in [0.3, 0.4) is 0 Å². The average Bonchev–Trinajstić information content (AvgIpc) is 3.34. The van der Waals surface area contributed by atoms with E-state index in [0.29, 0.717) is 44.9 Å². The van der Waals surface area contributed by atoms with Crippen molar-refractivity contribution in [1.29, 1.82) is 0 Å². The van der Waals surface area contributed by atoms with Gasteiger partial charge >= 0.3 is 0 Å². The second-order valence-corrected chi connectivity index (χ2v) is 9.05. The summed E-state index contributed by atoms with van der Waals surface area (Å²) in [4.78, 5) is 32.2. The second-order valence-electron chi connectivity index (χ2n) is 9.05. The van der Waals surface area contributed by atoms with Gasteiger partial charge in [-0.25, -0.2) is 13.8 Å². The fourth-order valence-corrected chi connectivity index (χ4v) is 4.57. The Hall–Kier alpha value is -5.05. The highest BCUT2D eigenvalue weighted by atomic mass is 19.1. The molecular formula is C30H21F2N3O4. The van der Waals surface area contributed by atoms with Crippen LogP contribution in [0.5, 0.6) is 5.75 Å². The van der Waals surface area contributed by atoms with Gasteiger partial charge in [-0.3, -0.25) is 14.5 Å². The minimum Gasteiger partial charge on any atom is -0.471 e. The van der Waals surface area contributed by atoms with Crippen molar-refractivity contribution in [2.24, 2.45) is 0 Å². The van der Waals surface area contributed by atoms with E-state index < -0.39 is 5.82 Å². The van der Waals surface area contributed by atoms with Crippen molar-refractivity contribution >= 4 is 22.8 Å². The van der Waals surface area contributed by atoms with Gasteiger partial charge in [0.25, 0.3) is 11.8 Å². The lowest BCUT2D eigenvalue weighted by Crippen LogP contribution is -2.38. The number of nitrogens with one attached hydrogen (secondary N) is 1. The number of hydrogen-bond donors (Lipinski definition) is 1. The first kappa shape index (κ1) is 24.3. The number of pyridine rings is 1. The van der Waals surface area contributed by atoms with Gasteiger partial charge in [-0.1, -0.05) is 12.1 Å². The van der Waals surface area contributed by atoms with Gasteiger partial charge in [0.05, 0.1) is 11.3 Å². The molecule has 0 bridgehead atoms. The Balaban J connectivity index is 1.37. The monoisotopic (exact) mass is 525 g/mol. The van der Waals surface area contributed by atoms with Crippen molar-refractivity contribution in [2.75, 3.05) is 13.8 Å². The zero-order valence-electron chi connectivity index (χ0n) is 20.7. The topological polar surface area (TPSA) is 84.7 Å². The predicted molar refractivity (Wildman–Crippen MR) is 140 cm³/mol. The number of rotatable bonds is 5. The molecular weight excluding hydrogens is 504 g/mol. The molecule has 0 spiro atoms. The number of carbonyl (C=O) groups is 2. The number of aromatic nitrogens is 1. The molecule has 1 N–H and O–H groups in total. The van der Waals surface area contributed by atoms with Crippen LogP contribution in [0.4, 0.5) is 8.78 Å². The van der Waals surface area contributed by atoms with Crippen LogP contribution in [0.25, 0.3) is 33.6 Å². The minimum atomic E-state index is -0.396. The summed E-state index contributed by atoms with van der Waals surface area (Å²) in [7, 11) is 1.52. The summed E-state index contributed by atoms with van der Waals surface area (Å²) in [5.74, 6) is -0.726. The maximum absolute atomic E-state index is 13.5. The fourth-order valence-electron chi connectivity index (χ4n) is 4.57. The standard InChI is InChI=1S/C30H21F2N3O4/c1-33-29(36)26-22-14-19(6-12-24(22)39-28(26)18-4-9-21(32)10-5-18)23-11-13-25-27(34-23)30(37)35(16-38-25)15-17-2-7-20(31)8-3-17/h2-14H,15-16H2,1H3,(H,33,36). The van der Waals surface area contributed by atoms with Gasteiger partial charge in [0.15, 0.2) is 18.2 Å². The highest BCUT2D eigenvalue weighted by molar-refractivity contribution is 6.11. The van der Waals surface area contributed by atoms with Crippen molar-refractivity contribution in [1.82, 2.24) is 15.2 Å². The maximum Gasteiger partial charge on any atom is 0.279 e. The lowest BCUT2D eigenvalue weighted by atomic mass is 10.0. The first-order valence-electron chi connectivity index (χ1n) is 12.1. The van der Waals surface area contributed by atoms with Gasteiger partial charge in [-0.15, -0.1) is 0 Å². The Morgan fingerprint density at radius 2 is 1.64 bits per heavy atom. The Morgan fingerprint density at radius 3 is 2.36 bits per heavy atom. The van der Waals surface area contributed by atoms with Gasteiger partial charge < -0.3 is 14.5 Å². The molecule has 0 radical (unpaired) electrons. The highest BCUT2D eigenvalue weighted by Gasteiger charge is 2.28. The van der Waals surface area contributed by atoms with Gasteiger partial charge in [-0.2, -0.15) is 0 Å². The number of fused-ring (bicyclic) bond motifs is 2. The summed E-state index contributed by atoms with van der Waals surface area (Å²) < 4.78 is 38.6. The van der Waals surface area contributed by atoms with Gasteiger partial charge in [0.1, 0.15) is 23.0 Å². The molecule has 0 aliphatic carbocycles. The molecule has 3 heterocycles. The van der Waals surface area contributed by atoms with E-state index in [4.69, 9.17) is 9.15 Å². The van der Waals surface area contributed by atoms with Gasteiger partial charge in [0, 0.05) is 30.1 Å². The lowest BCUT2D eigenvalue weighted by Gasteiger charge is -2.28. The first-order valence-corrected chi connectivity index (χ1v) is 12.1. The fraction of sp³-hybridized carbons (Fsp3) is 0.100. The summed E-state index contributed by atoms with van der Waals surface area (Å²) in [5, 5.41) is 3.19. The molecule has 7 nitrogen and oxygen atoms in total. The number of furan rings is 1. The minimum absolute atomic E-state index is 0.0485. The molecule has 5 aromatic rings. The molecule has 39 heavy (non-hydrogen) atoms. The van der Waals surface area contributed by atoms with Gasteiger partial charge in [-0.05, 0) is 72.3 Å². The molecule has 0 fully saturated rings. The van der Waals surface area contributed by atoms with Crippen molar-refractivity contribution in [3.63, 3.8) is 0 Å². The van der Waals surface area contributed by atoms with Gasteiger partial charge in [0.2, 0.25) is 0 Å². The molecule has 6 rings (SSSR count). The quantitative estimate of drug-likeness (QED) is 0.314. The van der Waals surface area contributed by atoms with Crippen LogP contribution in [-0.4, -0.2) is 35.5 Å². The van der Waals surface area contributed by atoms with E-state index in [1.54, 1.807) is 54.6 Å². The molecule has 0 unspecified atom stereocenters. The molecule has 9 heteroatoms. The number of carbonyl (C=O) groups excluding carboxylic acids is 2. The first-order chi connectivity index (χ1) is 18.9. The van der Waals surface area contributed by atoms with Crippen molar-refractivity contribution in [2.45, 2.75) is 6.54 Å². The van der Waals surface area contributed by atoms with E-state index in [0.717, 1.165) is 5.56 Å². The van der Waals surface area contributed by atoms with Crippen molar-refractivity contribution < 1.29 is 27.5 Å². The second kappa shape index (κ2) is 9.68. The number of amides is 2. The van der Waals surface area contributed by atoms with Crippen molar-refractivity contribution in [3.8, 4) is 28.3 Å². The maximum atomic E-state index is 13.5. The molecule has 1 aliphatic rings. The van der Waals surface area contributed by atoms with E-state index in [9.17, 15) is 18.4 Å². The third-order valence-corrected chi connectivity index (χ3v) is 6.55. The Kier molecular flexibility index (Phi) is 6.03. The van der Waals surface area contributed by atoms with Crippen LogP contribution < -0.4 is 10.1 Å². The molecule has 2 aromatic heterocycles. The molecule has 0 saturated heterocycles. The van der Waals surface area contributed by atoms with E-state index in [2.05, 4.69) is 10.3 Å². The lowest BCUT2D eigenvalue weighted by molar-refractivity contribution is 0.0488. The van der Waals surface area contributed by atoms with E-state index >= 15 is 0 Å². The normalized spacial score (nSPS) is 12.8. The van der Waals surface area contributed by atoms with Crippen LogP contribution in [0, 0.1) is 11.6 Å². The van der Waals surface area contributed by atoms with Crippen LogP contribution in [-0.2, 0) is 6.54 Å². The van der Waals surface area contributed by atoms with Crippen LogP contribution in [0.15, 0.2) is 83.3 Å². The predicted octanol–water partition coefficient (Wildman–Crippen LogP) is 5.79. The molecule has 194 valence electrons. The Morgan fingerprint density at radius 1 is 0.949 bits per heavy atom. The summed E-state index contributed by atoms with van der Waals surface area (Å²) in [6, 6.07) is 20.3. The van der Waals surface area contributed by atoms with E-state index in [1.807, 2.05) is 0 Å². The zero-order valence-corrected chi connectivity index (χ0v) is 20.7. The number of nitrogens with zero attached hydrogens (tertiary/aromatic N) is 2. The third kappa shape index (κ3) is 4.48. The molecule has 1 aliphatic heterocycles. The Bertz CT molecular complexity index is 1730. The molecule has 0 atom stereocenters. The highest BCUT2D eigenvalue weighted by Crippen LogP contribution is 2.36. The molecule has 3 aromatic carbocycles. The van der Waals surface area contributed by atoms with E-state index in [1.165, 1.54) is 36.2 Å². The van der Waals surface area contributed by atoms with E-state index in [-0.39, 0.29) is 36.6 Å². The summed E-state index contributed by atoms with van der Waals surface area (Å²) in [5.41, 5.74) is 3.42. The molecule has 2 amide bonds. The summed E-state index contributed by atoms with van der Waals surface area (Å²) in [6.07, 6.45) is 0. The number of benzene rings is 3. The third-order valence-electron chi connectivity index (χ3n) is 6.55. The van der Waals surface area contributed by atoms with Crippen LogP contribution >= 0.6 is 0 Å². The number of halogens is 2. The smallest absolute Gasteiger partial charge is 0.279 e. The van der Waals surface area contributed by atoms with Crippen LogP contribution in [0.2, 0.25) is 0 Å². The largest absolute Gasteiger partial charge is 0.471 e.